The first-order chi connectivity index (χ1) is 6.42. The van der Waals surface area contributed by atoms with Crippen molar-refractivity contribution in [2.75, 3.05) is 6.54 Å². The Kier molecular flexibility index (Phi) is 2.52. The number of benzene rings is 1. The predicted octanol–water partition coefficient (Wildman–Crippen LogP) is 2.45. The Morgan fingerprint density at radius 3 is 3.00 bits per heavy atom. The van der Waals surface area contributed by atoms with Crippen LogP contribution in [0.1, 0.15) is 5.56 Å². The van der Waals surface area contributed by atoms with Crippen LogP contribution in [-0.2, 0) is 6.42 Å². The van der Waals surface area contributed by atoms with Gasteiger partial charge in [-0.05, 0) is 29.8 Å². The molecular weight excluding hydrogens is 184 g/mol. The topological polar surface area (TPSA) is 27.8 Å². The van der Waals surface area contributed by atoms with Gasteiger partial charge in [-0.15, -0.1) is 0 Å². The minimum Gasteiger partial charge on any atom is -0.361 e. The van der Waals surface area contributed by atoms with Crippen molar-refractivity contribution < 1.29 is 0 Å². The van der Waals surface area contributed by atoms with E-state index in [2.05, 4.69) is 22.0 Å². The Hall–Kier alpha value is -0.990. The first kappa shape index (κ1) is 8.60. The van der Waals surface area contributed by atoms with E-state index in [-0.39, 0.29) is 0 Å². The third kappa shape index (κ3) is 1.69. The second kappa shape index (κ2) is 3.81. The average molecular weight is 195 g/mol. The zero-order valence-corrected chi connectivity index (χ0v) is 7.93. The minimum absolute atomic E-state index is 0.795. The number of rotatable bonds is 3. The Bertz CT molecular complexity index is 394. The van der Waals surface area contributed by atoms with Gasteiger partial charge >= 0.3 is 0 Å². The van der Waals surface area contributed by atoms with Crippen molar-refractivity contribution in [2.45, 2.75) is 6.42 Å². The maximum atomic E-state index is 5.41. The highest BCUT2D eigenvalue weighted by Gasteiger charge is 2.00. The molecule has 0 unspecified atom stereocenters. The van der Waals surface area contributed by atoms with E-state index in [1.54, 1.807) is 0 Å². The summed E-state index contributed by atoms with van der Waals surface area (Å²) in [5, 5.41) is 1.29. The number of aromatic nitrogens is 1. The lowest BCUT2D eigenvalue weighted by atomic mass is 10.1. The summed E-state index contributed by atoms with van der Waals surface area (Å²) in [7, 11) is 0. The van der Waals surface area contributed by atoms with Crippen LogP contribution in [0.25, 0.3) is 10.9 Å². The molecule has 0 aliphatic rings. The van der Waals surface area contributed by atoms with E-state index in [4.69, 9.17) is 11.8 Å². The van der Waals surface area contributed by atoms with Gasteiger partial charge in [-0.1, -0.05) is 18.2 Å². The molecule has 1 aromatic carbocycles. The molecule has 0 aliphatic heterocycles. The van der Waals surface area contributed by atoms with Gasteiger partial charge in [0.25, 0.3) is 0 Å². The summed E-state index contributed by atoms with van der Waals surface area (Å²) in [6, 6.07) is 8.28. The summed E-state index contributed by atoms with van der Waals surface area (Å²) in [6.07, 6.45) is 2.99. The number of halogens is 1. The molecule has 1 heterocycles. The molecule has 0 fully saturated rings. The van der Waals surface area contributed by atoms with Crippen LogP contribution < -0.4 is 4.84 Å². The molecule has 13 heavy (non-hydrogen) atoms. The molecule has 0 aliphatic carbocycles. The normalized spacial score (nSPS) is 10.8. The predicted molar refractivity (Wildman–Crippen MR) is 55.9 cm³/mol. The van der Waals surface area contributed by atoms with Gasteiger partial charge in [0.15, 0.2) is 0 Å². The molecule has 0 amide bonds. The monoisotopic (exact) mass is 194 g/mol. The first-order valence-electron chi connectivity index (χ1n) is 4.30. The molecule has 0 saturated carbocycles. The molecule has 2 N–H and O–H groups in total. The number of H-pyrrole nitrogens is 1. The largest absolute Gasteiger partial charge is 0.361 e. The summed E-state index contributed by atoms with van der Waals surface area (Å²) in [5.74, 6) is 0. The average Bonchev–Trinajstić information content (AvgIpc) is 2.58. The summed E-state index contributed by atoms with van der Waals surface area (Å²) < 4.78 is 0. The number of fused-ring (bicyclic) bond motifs is 1. The molecule has 1 aromatic heterocycles. The van der Waals surface area contributed by atoms with E-state index in [0.29, 0.717) is 0 Å². The lowest BCUT2D eigenvalue weighted by Crippen LogP contribution is -2.03. The van der Waals surface area contributed by atoms with Gasteiger partial charge < -0.3 is 4.98 Å². The summed E-state index contributed by atoms with van der Waals surface area (Å²) >= 11 is 5.41. The molecule has 0 atom stereocenters. The minimum atomic E-state index is 0.795. The highest BCUT2D eigenvalue weighted by atomic mass is 35.5. The van der Waals surface area contributed by atoms with E-state index >= 15 is 0 Å². The molecule has 3 heteroatoms. The van der Waals surface area contributed by atoms with Gasteiger partial charge in [0.1, 0.15) is 0 Å². The fourth-order valence-corrected chi connectivity index (χ4v) is 1.61. The zero-order chi connectivity index (χ0) is 9.10. The van der Waals surface area contributed by atoms with Crippen molar-refractivity contribution in [3.05, 3.63) is 36.0 Å². The molecular formula is C10H11ClN2. The fraction of sp³-hybridized carbons (Fsp3) is 0.200. The van der Waals surface area contributed by atoms with Crippen LogP contribution in [0.15, 0.2) is 30.5 Å². The van der Waals surface area contributed by atoms with Crippen molar-refractivity contribution in [3.63, 3.8) is 0 Å². The van der Waals surface area contributed by atoms with Gasteiger partial charge in [-0.25, -0.2) is 4.84 Å². The lowest BCUT2D eigenvalue weighted by molar-refractivity contribution is 0.904. The molecule has 2 rings (SSSR count). The third-order valence-corrected chi connectivity index (χ3v) is 2.35. The van der Waals surface area contributed by atoms with Crippen molar-refractivity contribution in [3.8, 4) is 0 Å². The molecule has 2 nitrogen and oxygen atoms in total. The Labute approximate surface area is 82.0 Å². The van der Waals surface area contributed by atoms with E-state index in [0.717, 1.165) is 13.0 Å². The standard InChI is InChI=1S/C10H11ClN2/c11-13-6-5-8-7-12-10-4-2-1-3-9(8)10/h1-4,7,12-13H,5-6H2. The van der Waals surface area contributed by atoms with Crippen LogP contribution in [0.4, 0.5) is 0 Å². The van der Waals surface area contributed by atoms with Crippen LogP contribution in [0.3, 0.4) is 0 Å². The van der Waals surface area contributed by atoms with Crippen molar-refractivity contribution >= 4 is 22.7 Å². The lowest BCUT2D eigenvalue weighted by Gasteiger charge is -1.96. The van der Waals surface area contributed by atoms with Crippen molar-refractivity contribution in [1.29, 1.82) is 0 Å². The molecule has 0 radical (unpaired) electrons. The van der Waals surface area contributed by atoms with Crippen molar-refractivity contribution in [2.24, 2.45) is 0 Å². The third-order valence-electron chi connectivity index (χ3n) is 2.16. The van der Waals surface area contributed by atoms with E-state index < -0.39 is 0 Å². The summed E-state index contributed by atoms with van der Waals surface area (Å²) in [4.78, 5) is 5.86. The second-order valence-electron chi connectivity index (χ2n) is 2.99. The highest BCUT2D eigenvalue weighted by molar-refractivity contribution is 6.13. The maximum Gasteiger partial charge on any atom is 0.0456 e. The summed E-state index contributed by atoms with van der Waals surface area (Å²) in [5.41, 5.74) is 2.50. The second-order valence-corrected chi connectivity index (χ2v) is 3.26. The highest BCUT2D eigenvalue weighted by Crippen LogP contribution is 2.17. The molecule has 0 spiro atoms. The number of hydrogen-bond acceptors (Lipinski definition) is 1. The summed E-state index contributed by atoms with van der Waals surface area (Å²) in [6.45, 7) is 0.795. The van der Waals surface area contributed by atoms with Gasteiger partial charge in [0, 0.05) is 23.6 Å². The number of nitrogens with one attached hydrogen (secondary N) is 2. The SMILES string of the molecule is ClNCCc1c[nH]c2ccccc12. The smallest absolute Gasteiger partial charge is 0.0456 e. The van der Waals surface area contributed by atoms with Crippen LogP contribution in [0, 0.1) is 0 Å². The van der Waals surface area contributed by atoms with Crippen LogP contribution in [0.5, 0.6) is 0 Å². The molecule has 2 aromatic rings. The Morgan fingerprint density at radius 1 is 1.31 bits per heavy atom. The van der Waals surface area contributed by atoms with E-state index in [9.17, 15) is 0 Å². The number of aromatic amines is 1. The van der Waals surface area contributed by atoms with Crippen molar-refractivity contribution in [1.82, 2.24) is 9.82 Å². The van der Waals surface area contributed by atoms with Gasteiger partial charge in [0.2, 0.25) is 0 Å². The zero-order valence-electron chi connectivity index (χ0n) is 7.18. The molecule has 68 valence electrons. The molecule has 0 saturated heterocycles. The number of para-hydroxylation sites is 1. The van der Waals surface area contributed by atoms with E-state index in [1.807, 2.05) is 18.3 Å². The van der Waals surface area contributed by atoms with Gasteiger partial charge in [-0.2, -0.15) is 0 Å². The number of hydrogen-bond donors (Lipinski definition) is 2. The first-order valence-corrected chi connectivity index (χ1v) is 4.68. The van der Waals surface area contributed by atoms with Crippen LogP contribution in [0.2, 0.25) is 0 Å². The molecule has 0 bridgehead atoms. The quantitative estimate of drug-likeness (QED) is 0.722. The van der Waals surface area contributed by atoms with Crippen LogP contribution in [-0.4, -0.2) is 11.5 Å². The van der Waals surface area contributed by atoms with Gasteiger partial charge in [0.05, 0.1) is 0 Å². The van der Waals surface area contributed by atoms with E-state index in [1.165, 1.54) is 16.5 Å². The Morgan fingerprint density at radius 2 is 2.15 bits per heavy atom. The Balaban J connectivity index is 2.35. The van der Waals surface area contributed by atoms with Gasteiger partial charge in [-0.3, -0.25) is 0 Å². The maximum absolute atomic E-state index is 5.41. The van der Waals surface area contributed by atoms with Crippen LogP contribution >= 0.6 is 11.8 Å². The fourth-order valence-electron chi connectivity index (χ4n) is 1.52.